The summed E-state index contributed by atoms with van der Waals surface area (Å²) in [5.74, 6) is -0.479. The van der Waals surface area contributed by atoms with E-state index in [1.165, 1.54) is 4.52 Å². The van der Waals surface area contributed by atoms with Gasteiger partial charge in [-0.2, -0.15) is 0 Å². The van der Waals surface area contributed by atoms with Crippen LogP contribution in [-0.2, 0) is 0 Å². The van der Waals surface area contributed by atoms with Crippen LogP contribution >= 0.6 is 11.8 Å². The molecule has 2 aromatic carbocycles. The van der Waals surface area contributed by atoms with Crippen LogP contribution in [0.3, 0.4) is 0 Å². The Labute approximate surface area is 146 Å². The van der Waals surface area contributed by atoms with Crippen LogP contribution in [0.2, 0.25) is 0 Å². The first-order valence-corrected chi connectivity index (χ1v) is 8.71. The van der Waals surface area contributed by atoms with Crippen LogP contribution in [0.1, 0.15) is 10.5 Å². The molecule has 0 atom stereocenters. The van der Waals surface area contributed by atoms with Crippen LogP contribution in [0.25, 0.3) is 16.6 Å². The zero-order chi connectivity index (χ0) is 17.4. The third-order valence-corrected chi connectivity index (χ3v) is 4.57. The summed E-state index contributed by atoms with van der Waals surface area (Å²) in [6.45, 7) is 0. The van der Waals surface area contributed by atoms with E-state index in [-0.39, 0.29) is 11.2 Å². The Hall–Kier alpha value is -3.13. The molecular weight excluding hydrogens is 338 g/mol. The molecule has 0 aliphatic heterocycles. The van der Waals surface area contributed by atoms with Gasteiger partial charge >= 0.3 is 0 Å². The van der Waals surface area contributed by atoms with Crippen molar-refractivity contribution >= 4 is 39.9 Å². The van der Waals surface area contributed by atoms with Crippen LogP contribution in [0.4, 0.5) is 5.69 Å². The quantitative estimate of drug-likeness (QED) is 0.554. The summed E-state index contributed by atoms with van der Waals surface area (Å²) in [7, 11) is 0. The van der Waals surface area contributed by atoms with E-state index in [2.05, 4.69) is 20.6 Å². The SMILES string of the molecule is CSc1ccc(NC(=O)c2nnn3c2c(=O)[nH]c2ccccc23)cc1. The van der Waals surface area contributed by atoms with Gasteiger partial charge in [0.05, 0.1) is 11.0 Å². The van der Waals surface area contributed by atoms with Crippen LogP contribution in [-0.4, -0.2) is 32.0 Å². The predicted molar refractivity (Wildman–Crippen MR) is 97.3 cm³/mol. The van der Waals surface area contributed by atoms with Gasteiger partial charge in [-0.15, -0.1) is 16.9 Å². The Morgan fingerprint density at radius 1 is 1.16 bits per heavy atom. The van der Waals surface area contributed by atoms with Crippen molar-refractivity contribution in [1.82, 2.24) is 19.8 Å². The van der Waals surface area contributed by atoms with Crippen LogP contribution in [0.5, 0.6) is 0 Å². The van der Waals surface area contributed by atoms with Crippen LogP contribution < -0.4 is 10.9 Å². The molecule has 124 valence electrons. The highest BCUT2D eigenvalue weighted by Crippen LogP contribution is 2.18. The predicted octanol–water partition coefficient (Wildman–Crippen LogP) is 2.55. The molecule has 2 aromatic heterocycles. The standard InChI is InChI=1S/C17H13N5O2S/c1-25-11-8-6-10(7-9-11)18-16(23)14-15-17(24)19-12-4-2-3-5-13(12)22(15)21-20-14/h2-9H,1H3,(H,18,23)(H,19,24). The van der Waals surface area contributed by atoms with E-state index >= 15 is 0 Å². The van der Waals surface area contributed by atoms with Gasteiger partial charge in [-0.3, -0.25) is 9.59 Å². The van der Waals surface area contributed by atoms with Gasteiger partial charge in [-0.05, 0) is 42.7 Å². The molecule has 0 unspecified atom stereocenters. The molecule has 25 heavy (non-hydrogen) atoms. The highest BCUT2D eigenvalue weighted by atomic mass is 32.2. The summed E-state index contributed by atoms with van der Waals surface area (Å²) in [5.41, 5.74) is 1.63. The number of aromatic amines is 1. The number of carbonyl (C=O) groups is 1. The number of H-pyrrole nitrogens is 1. The van der Waals surface area contributed by atoms with Crippen molar-refractivity contribution in [1.29, 1.82) is 0 Å². The fourth-order valence-electron chi connectivity index (χ4n) is 2.62. The molecular formula is C17H13N5O2S. The highest BCUT2D eigenvalue weighted by molar-refractivity contribution is 7.98. The summed E-state index contributed by atoms with van der Waals surface area (Å²) < 4.78 is 1.39. The minimum absolute atomic E-state index is 0.0130. The van der Waals surface area contributed by atoms with Gasteiger partial charge in [0.1, 0.15) is 0 Å². The number of nitrogens with zero attached hydrogens (tertiary/aromatic N) is 3. The molecule has 1 amide bonds. The Balaban J connectivity index is 1.77. The molecule has 4 rings (SSSR count). The minimum atomic E-state index is -0.479. The topological polar surface area (TPSA) is 92.2 Å². The molecule has 0 aliphatic carbocycles. The lowest BCUT2D eigenvalue weighted by Crippen LogP contribution is -2.17. The lowest BCUT2D eigenvalue weighted by Gasteiger charge is -2.04. The number of amides is 1. The number of hydrogen-bond acceptors (Lipinski definition) is 5. The van der Waals surface area contributed by atoms with E-state index in [0.717, 1.165) is 4.90 Å². The van der Waals surface area contributed by atoms with E-state index in [9.17, 15) is 9.59 Å². The minimum Gasteiger partial charge on any atom is -0.321 e. The molecule has 7 nitrogen and oxygen atoms in total. The van der Waals surface area contributed by atoms with Crippen molar-refractivity contribution in [3.63, 3.8) is 0 Å². The molecule has 0 saturated heterocycles. The van der Waals surface area contributed by atoms with Crippen molar-refractivity contribution in [3.05, 3.63) is 64.6 Å². The lowest BCUT2D eigenvalue weighted by molar-refractivity contribution is 0.102. The van der Waals surface area contributed by atoms with Crippen LogP contribution in [0.15, 0.2) is 58.2 Å². The fourth-order valence-corrected chi connectivity index (χ4v) is 3.03. The number of fused-ring (bicyclic) bond motifs is 3. The number of carbonyl (C=O) groups excluding carboxylic acids is 1. The average molecular weight is 351 g/mol. The molecule has 0 radical (unpaired) electrons. The normalized spacial score (nSPS) is 11.1. The zero-order valence-electron chi connectivity index (χ0n) is 13.2. The average Bonchev–Trinajstić information content (AvgIpc) is 3.09. The van der Waals surface area contributed by atoms with E-state index in [0.29, 0.717) is 16.7 Å². The molecule has 8 heteroatoms. The smallest absolute Gasteiger partial charge is 0.278 e. The number of benzene rings is 2. The number of nitrogens with one attached hydrogen (secondary N) is 2. The van der Waals surface area contributed by atoms with Crippen LogP contribution in [0, 0.1) is 0 Å². The first-order valence-electron chi connectivity index (χ1n) is 7.49. The summed E-state index contributed by atoms with van der Waals surface area (Å²) >= 11 is 1.62. The summed E-state index contributed by atoms with van der Waals surface area (Å²) in [6.07, 6.45) is 1.98. The fraction of sp³-hybridized carbons (Fsp3) is 0.0588. The molecule has 2 heterocycles. The van der Waals surface area contributed by atoms with E-state index in [4.69, 9.17) is 0 Å². The van der Waals surface area contributed by atoms with Crippen molar-refractivity contribution in [2.45, 2.75) is 4.90 Å². The molecule has 0 fully saturated rings. The number of anilines is 1. The molecule has 0 spiro atoms. The van der Waals surface area contributed by atoms with Gasteiger partial charge in [-0.1, -0.05) is 17.3 Å². The number of para-hydroxylation sites is 2. The first-order chi connectivity index (χ1) is 12.2. The third kappa shape index (κ3) is 2.66. The van der Waals surface area contributed by atoms with Gasteiger partial charge in [0.15, 0.2) is 11.2 Å². The number of rotatable bonds is 3. The second-order valence-electron chi connectivity index (χ2n) is 5.35. The largest absolute Gasteiger partial charge is 0.321 e. The van der Waals surface area contributed by atoms with Crippen molar-refractivity contribution in [2.75, 3.05) is 11.6 Å². The Kier molecular flexibility index (Phi) is 3.73. The van der Waals surface area contributed by atoms with Gasteiger partial charge in [0, 0.05) is 10.6 Å². The molecule has 0 saturated carbocycles. The van der Waals surface area contributed by atoms with E-state index < -0.39 is 11.5 Å². The maximum Gasteiger partial charge on any atom is 0.278 e. The van der Waals surface area contributed by atoms with E-state index in [1.807, 2.05) is 30.5 Å². The lowest BCUT2D eigenvalue weighted by atomic mass is 10.2. The Morgan fingerprint density at radius 2 is 1.92 bits per heavy atom. The van der Waals surface area contributed by atoms with Crippen molar-refractivity contribution in [2.24, 2.45) is 0 Å². The van der Waals surface area contributed by atoms with Crippen molar-refractivity contribution < 1.29 is 4.79 Å². The monoisotopic (exact) mass is 351 g/mol. The zero-order valence-corrected chi connectivity index (χ0v) is 14.0. The molecule has 0 aliphatic rings. The van der Waals surface area contributed by atoms with Gasteiger partial charge in [0.2, 0.25) is 0 Å². The number of thioether (sulfide) groups is 1. The second kappa shape index (κ2) is 6.06. The first kappa shape index (κ1) is 15.4. The number of hydrogen-bond donors (Lipinski definition) is 2. The molecule has 2 N–H and O–H groups in total. The molecule has 0 bridgehead atoms. The van der Waals surface area contributed by atoms with Gasteiger partial charge < -0.3 is 10.3 Å². The maximum atomic E-state index is 12.5. The Morgan fingerprint density at radius 3 is 2.68 bits per heavy atom. The maximum absolute atomic E-state index is 12.5. The molecule has 4 aromatic rings. The van der Waals surface area contributed by atoms with Gasteiger partial charge in [0.25, 0.3) is 11.5 Å². The summed E-state index contributed by atoms with van der Waals surface area (Å²) in [5, 5.41) is 10.6. The van der Waals surface area contributed by atoms with Crippen molar-refractivity contribution in [3.8, 4) is 0 Å². The highest BCUT2D eigenvalue weighted by Gasteiger charge is 2.19. The second-order valence-corrected chi connectivity index (χ2v) is 6.23. The summed E-state index contributed by atoms with van der Waals surface area (Å²) in [6, 6.07) is 14.6. The summed E-state index contributed by atoms with van der Waals surface area (Å²) in [4.78, 5) is 28.8. The number of aromatic nitrogens is 4. The Bertz CT molecular complexity index is 1150. The van der Waals surface area contributed by atoms with Gasteiger partial charge in [-0.25, -0.2) is 4.52 Å². The third-order valence-electron chi connectivity index (χ3n) is 3.83. The van der Waals surface area contributed by atoms with E-state index in [1.54, 1.807) is 36.0 Å².